The summed E-state index contributed by atoms with van der Waals surface area (Å²) in [6.45, 7) is 3.81. The third kappa shape index (κ3) is 1.51. The summed E-state index contributed by atoms with van der Waals surface area (Å²) >= 11 is 0. The zero-order chi connectivity index (χ0) is 9.42. The van der Waals surface area contributed by atoms with E-state index in [2.05, 4.69) is 25.1 Å². The van der Waals surface area contributed by atoms with Gasteiger partial charge in [0.25, 0.3) is 0 Å². The molecule has 1 aromatic rings. The molecular formula is C12H14O. The van der Waals surface area contributed by atoms with Crippen molar-refractivity contribution in [3.8, 4) is 0 Å². The van der Waals surface area contributed by atoms with E-state index in [4.69, 9.17) is 0 Å². The van der Waals surface area contributed by atoms with Crippen molar-refractivity contribution in [2.45, 2.75) is 26.2 Å². The summed E-state index contributed by atoms with van der Waals surface area (Å²) in [4.78, 5) is 11.1. The number of carbonyl (C=O) groups is 1. The van der Waals surface area contributed by atoms with Gasteiger partial charge in [0.2, 0.25) is 0 Å². The van der Waals surface area contributed by atoms with Gasteiger partial charge in [-0.3, -0.25) is 4.79 Å². The van der Waals surface area contributed by atoms with E-state index in [1.165, 1.54) is 11.1 Å². The van der Waals surface area contributed by atoms with E-state index in [0.29, 0.717) is 17.6 Å². The molecular weight excluding hydrogens is 160 g/mol. The molecule has 0 amide bonds. The van der Waals surface area contributed by atoms with E-state index in [1.807, 2.05) is 6.07 Å². The largest absolute Gasteiger partial charge is 0.300 e. The number of hydrogen-bond donors (Lipinski definition) is 0. The number of carbonyl (C=O) groups excluding carboxylic acids is 1. The molecule has 1 aliphatic rings. The van der Waals surface area contributed by atoms with Crippen molar-refractivity contribution >= 4 is 5.78 Å². The Bertz CT molecular complexity index is 341. The average molecular weight is 174 g/mol. The first-order chi connectivity index (χ1) is 6.20. The molecule has 1 nitrogen and oxygen atoms in total. The third-order valence-electron chi connectivity index (χ3n) is 2.90. The van der Waals surface area contributed by atoms with Crippen molar-refractivity contribution in [1.29, 1.82) is 0 Å². The van der Waals surface area contributed by atoms with Crippen LogP contribution >= 0.6 is 0 Å². The second-order valence-electron chi connectivity index (χ2n) is 3.92. The predicted molar refractivity (Wildman–Crippen MR) is 52.7 cm³/mol. The van der Waals surface area contributed by atoms with Gasteiger partial charge in [0.05, 0.1) is 0 Å². The molecule has 2 atom stereocenters. The van der Waals surface area contributed by atoms with Gasteiger partial charge in [-0.2, -0.15) is 0 Å². The summed E-state index contributed by atoms with van der Waals surface area (Å²) in [5, 5.41) is 0. The lowest BCUT2D eigenvalue weighted by atomic mass is 10.0. The van der Waals surface area contributed by atoms with Gasteiger partial charge in [0.15, 0.2) is 0 Å². The van der Waals surface area contributed by atoms with Crippen LogP contribution in [0.25, 0.3) is 0 Å². The molecule has 0 saturated heterocycles. The molecule has 0 heterocycles. The third-order valence-corrected chi connectivity index (χ3v) is 2.90. The monoisotopic (exact) mass is 174 g/mol. The Morgan fingerprint density at radius 1 is 1.38 bits per heavy atom. The zero-order valence-corrected chi connectivity index (χ0v) is 8.08. The highest BCUT2D eigenvalue weighted by Crippen LogP contribution is 2.48. The Morgan fingerprint density at radius 2 is 2.08 bits per heavy atom. The first-order valence-electron chi connectivity index (χ1n) is 4.76. The predicted octanol–water partition coefficient (Wildman–Crippen LogP) is 2.69. The number of aryl methyl sites for hydroxylation is 1. The van der Waals surface area contributed by atoms with Crippen LogP contribution in [0.5, 0.6) is 0 Å². The van der Waals surface area contributed by atoms with E-state index < -0.39 is 0 Å². The van der Waals surface area contributed by atoms with Crippen molar-refractivity contribution < 1.29 is 4.79 Å². The summed E-state index contributed by atoms with van der Waals surface area (Å²) in [6.07, 6.45) is 1.06. The molecule has 68 valence electrons. The first kappa shape index (κ1) is 8.49. The van der Waals surface area contributed by atoms with Crippen molar-refractivity contribution in [2.24, 2.45) is 5.92 Å². The average Bonchev–Trinajstić information content (AvgIpc) is 2.84. The summed E-state index contributed by atoms with van der Waals surface area (Å²) in [6, 6.07) is 8.36. The quantitative estimate of drug-likeness (QED) is 0.673. The van der Waals surface area contributed by atoms with Crippen LogP contribution < -0.4 is 0 Å². The summed E-state index contributed by atoms with van der Waals surface area (Å²) in [5.41, 5.74) is 2.68. The molecule has 1 fully saturated rings. The lowest BCUT2D eigenvalue weighted by Crippen LogP contribution is -1.95. The fourth-order valence-corrected chi connectivity index (χ4v) is 1.99. The molecule has 0 aromatic heterocycles. The minimum Gasteiger partial charge on any atom is -0.300 e. The molecule has 0 spiro atoms. The van der Waals surface area contributed by atoms with Crippen LogP contribution in [0.4, 0.5) is 0 Å². The maximum atomic E-state index is 11.1. The van der Waals surface area contributed by atoms with E-state index >= 15 is 0 Å². The van der Waals surface area contributed by atoms with Crippen LogP contribution in [0.1, 0.15) is 30.4 Å². The SMILES string of the molecule is CC(=O)[C@@H]1C[C@@H]1c1ccccc1C. The molecule has 13 heavy (non-hydrogen) atoms. The number of rotatable bonds is 2. The molecule has 1 heteroatoms. The highest BCUT2D eigenvalue weighted by atomic mass is 16.1. The maximum Gasteiger partial charge on any atom is 0.133 e. The van der Waals surface area contributed by atoms with E-state index in [0.717, 1.165) is 6.42 Å². The van der Waals surface area contributed by atoms with Crippen LogP contribution in [0.3, 0.4) is 0 Å². The fraction of sp³-hybridized carbons (Fsp3) is 0.417. The van der Waals surface area contributed by atoms with Gasteiger partial charge in [0, 0.05) is 5.92 Å². The topological polar surface area (TPSA) is 17.1 Å². The zero-order valence-electron chi connectivity index (χ0n) is 8.08. The molecule has 1 saturated carbocycles. The highest BCUT2D eigenvalue weighted by Gasteiger charge is 2.42. The van der Waals surface area contributed by atoms with Crippen molar-refractivity contribution in [3.63, 3.8) is 0 Å². The second-order valence-corrected chi connectivity index (χ2v) is 3.92. The standard InChI is InChI=1S/C12H14O/c1-8-5-3-4-6-10(8)12-7-11(12)9(2)13/h3-6,11-12H,7H2,1-2H3/t11-,12+/m0/s1. The van der Waals surface area contributed by atoms with Crippen molar-refractivity contribution in [2.75, 3.05) is 0 Å². The number of ketones is 1. The number of Topliss-reactive ketones (excluding diaryl/α,β-unsaturated/α-hetero) is 1. The summed E-state index contributed by atoms with van der Waals surface area (Å²) < 4.78 is 0. The smallest absolute Gasteiger partial charge is 0.133 e. The van der Waals surface area contributed by atoms with Crippen LogP contribution in [0.2, 0.25) is 0 Å². The number of hydrogen-bond acceptors (Lipinski definition) is 1. The van der Waals surface area contributed by atoms with Gasteiger partial charge in [0.1, 0.15) is 5.78 Å². The minimum absolute atomic E-state index is 0.307. The molecule has 1 aromatic carbocycles. The van der Waals surface area contributed by atoms with Gasteiger partial charge in [-0.1, -0.05) is 24.3 Å². The lowest BCUT2D eigenvalue weighted by Gasteiger charge is -2.02. The number of benzene rings is 1. The molecule has 2 rings (SSSR count). The van der Waals surface area contributed by atoms with Gasteiger partial charge in [-0.25, -0.2) is 0 Å². The molecule has 0 bridgehead atoms. The summed E-state index contributed by atoms with van der Waals surface area (Å²) in [5.74, 6) is 1.16. The first-order valence-corrected chi connectivity index (χ1v) is 4.76. The Kier molecular flexibility index (Phi) is 1.95. The van der Waals surface area contributed by atoms with E-state index in [9.17, 15) is 4.79 Å². The minimum atomic E-state index is 0.307. The molecule has 0 aliphatic heterocycles. The van der Waals surface area contributed by atoms with Crippen molar-refractivity contribution in [3.05, 3.63) is 35.4 Å². The van der Waals surface area contributed by atoms with Crippen LogP contribution in [-0.4, -0.2) is 5.78 Å². The van der Waals surface area contributed by atoms with Gasteiger partial charge < -0.3 is 0 Å². The van der Waals surface area contributed by atoms with Crippen molar-refractivity contribution in [1.82, 2.24) is 0 Å². The van der Waals surface area contributed by atoms with Crippen LogP contribution in [0.15, 0.2) is 24.3 Å². The molecule has 0 radical (unpaired) electrons. The Hall–Kier alpha value is -1.11. The molecule has 1 aliphatic carbocycles. The Labute approximate surface area is 78.8 Å². The lowest BCUT2D eigenvalue weighted by molar-refractivity contribution is -0.118. The Morgan fingerprint density at radius 3 is 2.62 bits per heavy atom. The van der Waals surface area contributed by atoms with Gasteiger partial charge >= 0.3 is 0 Å². The molecule has 0 unspecified atom stereocenters. The Balaban J connectivity index is 2.21. The van der Waals surface area contributed by atoms with Gasteiger partial charge in [-0.05, 0) is 37.3 Å². The molecule has 0 N–H and O–H groups in total. The maximum absolute atomic E-state index is 11.1. The van der Waals surface area contributed by atoms with Crippen LogP contribution in [-0.2, 0) is 4.79 Å². The van der Waals surface area contributed by atoms with E-state index in [1.54, 1.807) is 6.92 Å². The van der Waals surface area contributed by atoms with Crippen LogP contribution in [0, 0.1) is 12.8 Å². The highest BCUT2D eigenvalue weighted by molar-refractivity contribution is 5.82. The van der Waals surface area contributed by atoms with Gasteiger partial charge in [-0.15, -0.1) is 0 Å². The fourth-order valence-electron chi connectivity index (χ4n) is 1.99. The van der Waals surface area contributed by atoms with E-state index in [-0.39, 0.29) is 0 Å². The normalized spacial score (nSPS) is 25.7. The second kappa shape index (κ2) is 2.99. The summed E-state index contributed by atoms with van der Waals surface area (Å²) in [7, 11) is 0.